The Kier molecular flexibility index (Phi) is 4.10. The van der Waals surface area contributed by atoms with Crippen molar-refractivity contribution in [2.24, 2.45) is 0 Å². The normalized spacial score (nSPS) is 20.1. The SMILES string of the molecule is C=C(C)CN1c2cccnc2-n2cccc2[C@]12CCN(C(=O)c1scnc1C)C2. The first kappa shape index (κ1) is 18.1. The maximum atomic E-state index is 13.2. The van der Waals surface area contributed by atoms with Gasteiger partial charge in [0.05, 0.1) is 22.6 Å². The van der Waals surface area contributed by atoms with Gasteiger partial charge in [0.2, 0.25) is 0 Å². The van der Waals surface area contributed by atoms with Crippen LogP contribution in [0.2, 0.25) is 0 Å². The number of aryl methyl sites for hydroxylation is 1. The highest BCUT2D eigenvalue weighted by Crippen LogP contribution is 2.47. The molecule has 1 spiro atoms. The van der Waals surface area contributed by atoms with E-state index in [2.05, 4.69) is 57.3 Å². The molecule has 5 rings (SSSR count). The number of hydrogen-bond donors (Lipinski definition) is 0. The molecule has 7 heteroatoms. The lowest BCUT2D eigenvalue weighted by atomic mass is 9.88. The van der Waals surface area contributed by atoms with Crippen molar-refractivity contribution in [2.45, 2.75) is 25.8 Å². The summed E-state index contributed by atoms with van der Waals surface area (Å²) < 4.78 is 2.18. The molecule has 2 aliphatic rings. The van der Waals surface area contributed by atoms with E-state index in [9.17, 15) is 4.79 Å². The number of anilines is 1. The number of pyridine rings is 1. The van der Waals surface area contributed by atoms with E-state index in [0.717, 1.165) is 40.6 Å². The molecule has 1 amide bonds. The molecule has 0 unspecified atom stereocenters. The first-order chi connectivity index (χ1) is 14.0. The Balaban J connectivity index is 1.60. The third kappa shape index (κ3) is 2.64. The van der Waals surface area contributed by atoms with Crippen LogP contribution in [-0.2, 0) is 5.54 Å². The van der Waals surface area contributed by atoms with Gasteiger partial charge in [0.15, 0.2) is 5.82 Å². The molecule has 29 heavy (non-hydrogen) atoms. The summed E-state index contributed by atoms with van der Waals surface area (Å²) in [4.78, 5) is 27.3. The Morgan fingerprint density at radius 1 is 1.31 bits per heavy atom. The minimum absolute atomic E-state index is 0.0761. The first-order valence-corrected chi connectivity index (χ1v) is 10.6. The Labute approximate surface area is 174 Å². The molecule has 3 aromatic rings. The predicted octanol–water partition coefficient (Wildman–Crippen LogP) is 3.77. The predicted molar refractivity (Wildman–Crippen MR) is 115 cm³/mol. The zero-order valence-electron chi connectivity index (χ0n) is 16.6. The van der Waals surface area contributed by atoms with Gasteiger partial charge in [0.25, 0.3) is 5.91 Å². The summed E-state index contributed by atoms with van der Waals surface area (Å²) in [5.74, 6) is 1.01. The van der Waals surface area contributed by atoms with E-state index < -0.39 is 0 Å². The Hall–Kier alpha value is -2.93. The first-order valence-electron chi connectivity index (χ1n) is 9.76. The second-order valence-electron chi connectivity index (χ2n) is 7.93. The molecular formula is C22H23N5OS. The molecule has 0 bridgehead atoms. The number of hydrogen-bond acceptors (Lipinski definition) is 5. The summed E-state index contributed by atoms with van der Waals surface area (Å²) in [6.07, 6.45) is 4.76. The Morgan fingerprint density at radius 2 is 2.17 bits per heavy atom. The van der Waals surface area contributed by atoms with Crippen LogP contribution >= 0.6 is 11.3 Å². The molecule has 148 valence electrons. The molecule has 0 aliphatic carbocycles. The van der Waals surface area contributed by atoms with Crippen molar-refractivity contribution in [3.8, 4) is 5.82 Å². The molecule has 1 fully saturated rings. The number of thiazole rings is 1. The fraction of sp³-hybridized carbons (Fsp3) is 0.318. The van der Waals surface area contributed by atoms with Gasteiger partial charge in [-0.15, -0.1) is 11.3 Å². The van der Waals surface area contributed by atoms with Gasteiger partial charge in [-0.05, 0) is 44.5 Å². The van der Waals surface area contributed by atoms with Gasteiger partial charge < -0.3 is 14.4 Å². The fourth-order valence-electron chi connectivity index (χ4n) is 4.65. The van der Waals surface area contributed by atoms with Gasteiger partial charge in [-0.1, -0.05) is 12.2 Å². The zero-order chi connectivity index (χ0) is 20.2. The maximum Gasteiger partial charge on any atom is 0.265 e. The smallest absolute Gasteiger partial charge is 0.265 e. The van der Waals surface area contributed by atoms with Gasteiger partial charge in [-0.3, -0.25) is 4.79 Å². The second-order valence-corrected chi connectivity index (χ2v) is 8.78. The summed E-state index contributed by atoms with van der Waals surface area (Å²) in [6, 6.07) is 8.32. The van der Waals surface area contributed by atoms with Gasteiger partial charge in [0, 0.05) is 32.0 Å². The number of rotatable bonds is 3. The lowest BCUT2D eigenvalue weighted by Crippen LogP contribution is -2.53. The van der Waals surface area contributed by atoms with E-state index in [4.69, 9.17) is 0 Å². The van der Waals surface area contributed by atoms with Crippen molar-refractivity contribution in [3.63, 3.8) is 0 Å². The average molecular weight is 406 g/mol. The summed E-state index contributed by atoms with van der Waals surface area (Å²) in [5.41, 5.74) is 5.61. The number of amides is 1. The Morgan fingerprint density at radius 3 is 2.93 bits per heavy atom. The summed E-state index contributed by atoms with van der Waals surface area (Å²) in [6.45, 7) is 10.2. The van der Waals surface area contributed by atoms with Crippen molar-refractivity contribution in [1.82, 2.24) is 19.4 Å². The van der Waals surface area contributed by atoms with Gasteiger partial charge >= 0.3 is 0 Å². The minimum atomic E-state index is -0.299. The molecular weight excluding hydrogens is 382 g/mol. The van der Waals surface area contributed by atoms with Gasteiger partial charge in [-0.25, -0.2) is 9.97 Å². The fourth-order valence-corrected chi connectivity index (χ4v) is 5.42. The number of carbonyl (C=O) groups excluding carboxylic acids is 1. The van der Waals surface area contributed by atoms with Crippen LogP contribution in [0.3, 0.4) is 0 Å². The Bertz CT molecular complexity index is 1120. The van der Waals surface area contributed by atoms with E-state index in [1.807, 2.05) is 24.1 Å². The lowest BCUT2D eigenvalue weighted by Gasteiger charge is -2.47. The largest absolute Gasteiger partial charge is 0.351 e. The molecule has 0 aromatic carbocycles. The highest BCUT2D eigenvalue weighted by Gasteiger charge is 2.51. The van der Waals surface area contributed by atoms with Crippen molar-refractivity contribution in [1.29, 1.82) is 0 Å². The van der Waals surface area contributed by atoms with E-state index in [0.29, 0.717) is 13.1 Å². The maximum absolute atomic E-state index is 13.2. The number of fused-ring (bicyclic) bond motifs is 4. The van der Waals surface area contributed by atoms with E-state index >= 15 is 0 Å². The molecule has 1 atom stereocenters. The van der Waals surface area contributed by atoms with E-state index in [1.165, 1.54) is 17.0 Å². The number of aromatic nitrogens is 3. The van der Waals surface area contributed by atoms with Crippen LogP contribution < -0.4 is 4.90 Å². The minimum Gasteiger partial charge on any atom is -0.351 e. The summed E-state index contributed by atoms with van der Waals surface area (Å²) in [5, 5.41) is 0. The van der Waals surface area contributed by atoms with Crippen LogP contribution in [-0.4, -0.2) is 45.0 Å². The second kappa shape index (κ2) is 6.56. The van der Waals surface area contributed by atoms with E-state index in [1.54, 1.807) is 5.51 Å². The molecule has 0 N–H and O–H groups in total. The van der Waals surface area contributed by atoms with Crippen molar-refractivity contribution in [3.05, 3.63) is 70.6 Å². The molecule has 1 saturated heterocycles. The molecule has 5 heterocycles. The number of likely N-dealkylation sites (tertiary alicyclic amines) is 1. The van der Waals surface area contributed by atoms with Crippen molar-refractivity contribution < 1.29 is 4.79 Å². The molecule has 3 aromatic heterocycles. The van der Waals surface area contributed by atoms with Crippen molar-refractivity contribution >= 4 is 22.9 Å². The standard InChI is InChI=1S/C22H23N5OS/c1-15(2)12-27-17-6-4-9-23-20(17)26-10-5-7-18(26)22(27)8-11-25(13-22)21(28)19-16(3)24-14-29-19/h4-7,9-10,14H,1,8,11-13H2,2-3H3/t22-/m1/s1. The monoisotopic (exact) mass is 405 g/mol. The van der Waals surface area contributed by atoms with Crippen LogP contribution in [0, 0.1) is 6.92 Å². The number of carbonyl (C=O) groups is 1. The van der Waals surface area contributed by atoms with Gasteiger partial charge in [-0.2, -0.15) is 0 Å². The van der Waals surface area contributed by atoms with Crippen LogP contribution in [0.4, 0.5) is 5.69 Å². The van der Waals surface area contributed by atoms with Gasteiger partial charge in [0.1, 0.15) is 10.4 Å². The molecule has 2 aliphatic heterocycles. The lowest BCUT2D eigenvalue weighted by molar-refractivity contribution is 0.0786. The molecule has 6 nitrogen and oxygen atoms in total. The van der Waals surface area contributed by atoms with Crippen LogP contribution in [0.15, 0.2) is 54.3 Å². The summed E-state index contributed by atoms with van der Waals surface area (Å²) >= 11 is 1.42. The molecule has 0 saturated carbocycles. The third-order valence-corrected chi connectivity index (χ3v) is 6.85. The zero-order valence-corrected chi connectivity index (χ0v) is 17.4. The van der Waals surface area contributed by atoms with Crippen LogP contribution in [0.5, 0.6) is 0 Å². The number of nitrogens with zero attached hydrogens (tertiary/aromatic N) is 5. The topological polar surface area (TPSA) is 54.3 Å². The van der Waals surface area contributed by atoms with E-state index in [-0.39, 0.29) is 11.4 Å². The quantitative estimate of drug-likeness (QED) is 0.623. The summed E-state index contributed by atoms with van der Waals surface area (Å²) in [7, 11) is 0. The van der Waals surface area contributed by atoms with Crippen molar-refractivity contribution in [2.75, 3.05) is 24.5 Å². The molecule has 0 radical (unpaired) electrons. The highest BCUT2D eigenvalue weighted by atomic mass is 32.1. The average Bonchev–Trinajstić information content (AvgIpc) is 3.44. The van der Waals surface area contributed by atoms with Crippen LogP contribution in [0.1, 0.15) is 34.4 Å². The highest BCUT2D eigenvalue weighted by molar-refractivity contribution is 7.11. The third-order valence-electron chi connectivity index (χ3n) is 5.93. The van der Waals surface area contributed by atoms with Crippen LogP contribution in [0.25, 0.3) is 5.82 Å².